The maximum atomic E-state index is 8.84. The molecule has 2 aromatic rings. The van der Waals surface area contributed by atoms with Gasteiger partial charge in [0.25, 0.3) is 0 Å². The monoisotopic (exact) mass is 268 g/mol. The third kappa shape index (κ3) is 2.81. The summed E-state index contributed by atoms with van der Waals surface area (Å²) in [6.07, 6.45) is 3.87. The van der Waals surface area contributed by atoms with Crippen LogP contribution in [0, 0.1) is 11.3 Å². The Morgan fingerprint density at radius 1 is 1.35 bits per heavy atom. The van der Waals surface area contributed by atoms with E-state index in [1.54, 1.807) is 12.1 Å². The molecule has 0 radical (unpaired) electrons. The Balaban J connectivity index is 1.50. The highest BCUT2D eigenvalue weighted by Crippen LogP contribution is 2.13. The van der Waals surface area contributed by atoms with Gasteiger partial charge in [-0.2, -0.15) is 5.26 Å². The summed E-state index contributed by atoms with van der Waals surface area (Å²) in [6, 6.07) is 9.37. The van der Waals surface area contributed by atoms with E-state index in [1.165, 1.54) is 0 Å². The molecule has 0 fully saturated rings. The number of hydrogen-bond acceptors (Lipinski definition) is 4. The number of aromatic nitrogens is 2. The molecule has 0 saturated heterocycles. The number of imidazole rings is 1. The van der Waals surface area contributed by atoms with E-state index in [4.69, 9.17) is 10.00 Å². The molecule has 0 atom stereocenters. The average Bonchev–Trinajstić information content (AvgIpc) is 2.95. The minimum Gasteiger partial charge on any atom is -0.492 e. The molecule has 1 aliphatic rings. The van der Waals surface area contributed by atoms with Crippen molar-refractivity contribution in [2.75, 3.05) is 19.7 Å². The molecule has 3 rings (SSSR count). The van der Waals surface area contributed by atoms with Crippen molar-refractivity contribution >= 4 is 0 Å². The molecular formula is C15H16N4O. The lowest BCUT2D eigenvalue weighted by atomic mass is 10.2. The number of ether oxygens (including phenoxy) is 1. The van der Waals surface area contributed by atoms with Crippen LogP contribution in [0.15, 0.2) is 36.7 Å². The molecule has 1 aliphatic heterocycles. The first-order valence-corrected chi connectivity index (χ1v) is 6.70. The normalized spacial score (nSPS) is 14.6. The van der Waals surface area contributed by atoms with Gasteiger partial charge in [-0.1, -0.05) is 6.07 Å². The van der Waals surface area contributed by atoms with Gasteiger partial charge >= 0.3 is 0 Å². The first-order valence-electron chi connectivity index (χ1n) is 6.70. The molecule has 5 heteroatoms. The lowest BCUT2D eigenvalue weighted by Gasteiger charge is -2.27. The van der Waals surface area contributed by atoms with Gasteiger partial charge in [0.1, 0.15) is 18.2 Å². The quantitative estimate of drug-likeness (QED) is 0.846. The van der Waals surface area contributed by atoms with Crippen LogP contribution in [0.1, 0.15) is 11.4 Å². The van der Waals surface area contributed by atoms with Crippen molar-refractivity contribution in [2.45, 2.75) is 13.1 Å². The highest BCUT2D eigenvalue weighted by atomic mass is 16.5. The second kappa shape index (κ2) is 5.76. The molecule has 5 nitrogen and oxygen atoms in total. The Bertz CT molecular complexity index is 629. The summed E-state index contributed by atoms with van der Waals surface area (Å²) in [5, 5.41) is 8.84. The summed E-state index contributed by atoms with van der Waals surface area (Å²) in [7, 11) is 0. The van der Waals surface area contributed by atoms with Crippen molar-refractivity contribution in [1.82, 2.24) is 14.5 Å². The first-order chi connectivity index (χ1) is 9.85. The summed E-state index contributed by atoms with van der Waals surface area (Å²) in [4.78, 5) is 6.67. The van der Waals surface area contributed by atoms with Gasteiger partial charge in [-0.25, -0.2) is 4.98 Å². The van der Waals surface area contributed by atoms with Gasteiger partial charge in [0.05, 0.1) is 18.2 Å². The maximum absolute atomic E-state index is 8.84. The molecule has 2 heterocycles. The first kappa shape index (κ1) is 12.7. The summed E-state index contributed by atoms with van der Waals surface area (Å²) in [5.41, 5.74) is 0.627. The molecule has 1 aromatic carbocycles. The van der Waals surface area contributed by atoms with E-state index in [2.05, 4.69) is 20.5 Å². The van der Waals surface area contributed by atoms with E-state index < -0.39 is 0 Å². The number of nitrogens with zero attached hydrogens (tertiary/aromatic N) is 4. The van der Waals surface area contributed by atoms with Crippen molar-refractivity contribution in [3.63, 3.8) is 0 Å². The Hall–Kier alpha value is -2.32. The molecule has 1 aromatic heterocycles. The third-order valence-electron chi connectivity index (χ3n) is 3.46. The summed E-state index contributed by atoms with van der Waals surface area (Å²) < 4.78 is 7.89. The van der Waals surface area contributed by atoms with Crippen LogP contribution >= 0.6 is 0 Å². The zero-order chi connectivity index (χ0) is 13.8. The number of benzene rings is 1. The zero-order valence-electron chi connectivity index (χ0n) is 11.2. The minimum absolute atomic E-state index is 0.621. The van der Waals surface area contributed by atoms with E-state index in [9.17, 15) is 0 Å². The topological polar surface area (TPSA) is 54.1 Å². The molecule has 20 heavy (non-hydrogen) atoms. The molecule has 0 amide bonds. The molecule has 0 saturated carbocycles. The fourth-order valence-corrected chi connectivity index (χ4v) is 2.36. The Morgan fingerprint density at radius 3 is 3.20 bits per heavy atom. The van der Waals surface area contributed by atoms with Crippen molar-refractivity contribution in [3.8, 4) is 11.8 Å². The van der Waals surface area contributed by atoms with Crippen LogP contribution in [0.3, 0.4) is 0 Å². The van der Waals surface area contributed by atoms with Crippen LogP contribution in [-0.4, -0.2) is 34.1 Å². The van der Waals surface area contributed by atoms with E-state index in [-0.39, 0.29) is 0 Å². The lowest BCUT2D eigenvalue weighted by molar-refractivity contribution is 0.175. The lowest BCUT2D eigenvalue weighted by Crippen LogP contribution is -2.36. The van der Waals surface area contributed by atoms with Gasteiger partial charge in [0.2, 0.25) is 0 Å². The molecule has 0 spiro atoms. The van der Waals surface area contributed by atoms with Gasteiger partial charge < -0.3 is 9.30 Å². The standard InChI is InChI=1S/C15H16N4O/c16-11-13-2-1-3-14(10-13)20-9-8-18-6-7-19-5-4-17-15(19)12-18/h1-5,10H,6-9,12H2. The number of nitriles is 1. The van der Waals surface area contributed by atoms with Crippen LogP contribution in [0.5, 0.6) is 5.75 Å². The number of hydrogen-bond donors (Lipinski definition) is 0. The zero-order valence-corrected chi connectivity index (χ0v) is 11.2. The largest absolute Gasteiger partial charge is 0.492 e. The van der Waals surface area contributed by atoms with Gasteiger partial charge in [-0.05, 0) is 18.2 Å². The van der Waals surface area contributed by atoms with Gasteiger partial charge in [-0.15, -0.1) is 0 Å². The molecular weight excluding hydrogens is 252 g/mol. The van der Waals surface area contributed by atoms with Crippen LogP contribution in [0.25, 0.3) is 0 Å². The van der Waals surface area contributed by atoms with Crippen LogP contribution in [0.2, 0.25) is 0 Å². The van der Waals surface area contributed by atoms with Crippen molar-refractivity contribution < 1.29 is 4.74 Å². The molecule has 102 valence electrons. The fraction of sp³-hybridized carbons (Fsp3) is 0.333. The van der Waals surface area contributed by atoms with Gasteiger partial charge in [0.15, 0.2) is 0 Å². The van der Waals surface area contributed by atoms with E-state index in [0.717, 1.165) is 37.8 Å². The maximum Gasteiger partial charge on any atom is 0.122 e. The van der Waals surface area contributed by atoms with Crippen molar-refractivity contribution in [3.05, 3.63) is 48.0 Å². The van der Waals surface area contributed by atoms with Crippen LogP contribution < -0.4 is 4.74 Å². The van der Waals surface area contributed by atoms with Crippen LogP contribution in [0.4, 0.5) is 0 Å². The van der Waals surface area contributed by atoms with Crippen molar-refractivity contribution in [1.29, 1.82) is 5.26 Å². The predicted octanol–water partition coefficient (Wildman–Crippen LogP) is 1.65. The summed E-state index contributed by atoms with van der Waals surface area (Å²) in [6.45, 7) is 4.36. The van der Waals surface area contributed by atoms with E-state index >= 15 is 0 Å². The Kier molecular flexibility index (Phi) is 3.66. The SMILES string of the molecule is N#Cc1cccc(OCCN2CCn3ccnc3C2)c1. The number of rotatable bonds is 4. The highest BCUT2D eigenvalue weighted by Gasteiger charge is 2.15. The highest BCUT2D eigenvalue weighted by molar-refractivity contribution is 5.36. The molecule has 0 bridgehead atoms. The minimum atomic E-state index is 0.621. The van der Waals surface area contributed by atoms with Gasteiger partial charge in [0, 0.05) is 32.0 Å². The fourth-order valence-electron chi connectivity index (χ4n) is 2.36. The molecule has 0 unspecified atom stereocenters. The third-order valence-corrected chi connectivity index (χ3v) is 3.46. The van der Waals surface area contributed by atoms with Gasteiger partial charge in [-0.3, -0.25) is 4.90 Å². The average molecular weight is 268 g/mol. The molecule has 0 aliphatic carbocycles. The second-order valence-electron chi connectivity index (χ2n) is 4.80. The summed E-state index contributed by atoms with van der Waals surface area (Å²) in [5.74, 6) is 1.87. The Labute approximate surface area is 118 Å². The second-order valence-corrected chi connectivity index (χ2v) is 4.80. The number of fused-ring (bicyclic) bond motifs is 1. The Morgan fingerprint density at radius 2 is 2.30 bits per heavy atom. The predicted molar refractivity (Wildman–Crippen MR) is 74.2 cm³/mol. The smallest absolute Gasteiger partial charge is 0.122 e. The summed E-state index contributed by atoms with van der Waals surface area (Å²) >= 11 is 0. The van der Waals surface area contributed by atoms with E-state index in [0.29, 0.717) is 12.2 Å². The van der Waals surface area contributed by atoms with E-state index in [1.807, 2.05) is 24.5 Å². The van der Waals surface area contributed by atoms with Crippen LogP contribution in [-0.2, 0) is 13.1 Å². The molecule has 0 N–H and O–H groups in total. The van der Waals surface area contributed by atoms with Crippen molar-refractivity contribution in [2.24, 2.45) is 0 Å².